The van der Waals surface area contributed by atoms with Gasteiger partial charge in [0.05, 0.1) is 0 Å². The van der Waals surface area contributed by atoms with E-state index in [0.717, 1.165) is 30.7 Å². The number of hydrogen-bond donors (Lipinski definition) is 1. The van der Waals surface area contributed by atoms with E-state index in [4.69, 9.17) is 0 Å². The first kappa shape index (κ1) is 11.0. The molecule has 1 N–H and O–H groups in total. The normalized spacial score (nSPS) is 34.9. The average molecular weight is 205 g/mol. The lowest BCUT2D eigenvalue weighted by Crippen LogP contribution is -2.31. The molecular formula is C14H23N. The highest BCUT2D eigenvalue weighted by Gasteiger charge is 2.53. The molecule has 2 fully saturated rings. The van der Waals surface area contributed by atoms with Crippen LogP contribution < -0.4 is 5.32 Å². The minimum Gasteiger partial charge on any atom is -0.313 e. The summed E-state index contributed by atoms with van der Waals surface area (Å²) in [7, 11) is 0. The van der Waals surface area contributed by atoms with Crippen LogP contribution in [0.1, 0.15) is 46.0 Å². The van der Waals surface area contributed by atoms with Crippen LogP contribution in [0.25, 0.3) is 0 Å². The SMILES string of the molecule is CC#CCC(NCC)C1C2CCCCC21. The molecule has 84 valence electrons. The van der Waals surface area contributed by atoms with Crippen molar-refractivity contribution in [3.63, 3.8) is 0 Å². The van der Waals surface area contributed by atoms with Crippen LogP contribution in [0, 0.1) is 29.6 Å². The lowest BCUT2D eigenvalue weighted by Gasteiger charge is -2.15. The molecule has 0 aromatic rings. The molecule has 0 aliphatic heterocycles. The highest BCUT2D eigenvalue weighted by Crippen LogP contribution is 2.57. The molecule has 3 atom stereocenters. The Morgan fingerprint density at radius 1 is 1.27 bits per heavy atom. The maximum atomic E-state index is 3.63. The van der Waals surface area contributed by atoms with Crippen LogP contribution in [0.3, 0.4) is 0 Å². The summed E-state index contributed by atoms with van der Waals surface area (Å²) >= 11 is 0. The predicted molar refractivity (Wildman–Crippen MR) is 64.5 cm³/mol. The van der Waals surface area contributed by atoms with Gasteiger partial charge in [-0.1, -0.05) is 19.8 Å². The third-order valence-corrected chi connectivity index (χ3v) is 4.15. The summed E-state index contributed by atoms with van der Waals surface area (Å²) in [5, 5.41) is 3.63. The molecule has 3 unspecified atom stereocenters. The van der Waals surface area contributed by atoms with Crippen molar-refractivity contribution >= 4 is 0 Å². The second-order valence-electron chi connectivity index (χ2n) is 4.98. The molecule has 2 aliphatic carbocycles. The molecule has 2 aliphatic rings. The molecule has 0 heterocycles. The molecule has 2 rings (SSSR count). The van der Waals surface area contributed by atoms with E-state index in [0.29, 0.717) is 6.04 Å². The Balaban J connectivity index is 1.89. The first-order valence-electron chi connectivity index (χ1n) is 6.51. The van der Waals surface area contributed by atoms with E-state index in [2.05, 4.69) is 24.1 Å². The summed E-state index contributed by atoms with van der Waals surface area (Å²) in [6.45, 7) is 5.24. The second-order valence-corrected chi connectivity index (χ2v) is 4.98. The molecule has 2 saturated carbocycles. The van der Waals surface area contributed by atoms with Crippen molar-refractivity contribution in [3.8, 4) is 11.8 Å². The van der Waals surface area contributed by atoms with Crippen LogP contribution in [0.2, 0.25) is 0 Å². The Hall–Kier alpha value is -0.480. The molecule has 0 bridgehead atoms. The number of fused-ring (bicyclic) bond motifs is 1. The molecule has 0 spiro atoms. The zero-order valence-corrected chi connectivity index (χ0v) is 10.1. The van der Waals surface area contributed by atoms with Crippen LogP contribution in [0.5, 0.6) is 0 Å². The lowest BCUT2D eigenvalue weighted by molar-refractivity contribution is 0.448. The first-order chi connectivity index (χ1) is 7.38. The molecule has 0 aromatic heterocycles. The van der Waals surface area contributed by atoms with E-state index in [1.165, 1.54) is 25.7 Å². The summed E-state index contributed by atoms with van der Waals surface area (Å²) in [5.74, 6) is 9.32. The Morgan fingerprint density at radius 3 is 2.47 bits per heavy atom. The van der Waals surface area contributed by atoms with Gasteiger partial charge in [0.25, 0.3) is 0 Å². The summed E-state index contributed by atoms with van der Waals surface area (Å²) in [5.41, 5.74) is 0. The van der Waals surface area contributed by atoms with Crippen LogP contribution in [-0.2, 0) is 0 Å². The molecule has 0 saturated heterocycles. The van der Waals surface area contributed by atoms with Gasteiger partial charge in [-0.2, -0.15) is 0 Å². The molecule has 0 amide bonds. The average Bonchev–Trinajstić information content (AvgIpc) is 2.98. The predicted octanol–water partition coefficient (Wildman–Crippen LogP) is 2.81. The minimum atomic E-state index is 0.676. The Kier molecular flexibility index (Phi) is 3.70. The summed E-state index contributed by atoms with van der Waals surface area (Å²) in [6.07, 6.45) is 6.96. The summed E-state index contributed by atoms with van der Waals surface area (Å²) in [6, 6.07) is 0.676. The van der Waals surface area contributed by atoms with Gasteiger partial charge in [0.2, 0.25) is 0 Å². The van der Waals surface area contributed by atoms with E-state index in [9.17, 15) is 0 Å². The number of hydrogen-bond acceptors (Lipinski definition) is 1. The second kappa shape index (κ2) is 5.03. The van der Waals surface area contributed by atoms with Crippen molar-refractivity contribution in [3.05, 3.63) is 0 Å². The van der Waals surface area contributed by atoms with Gasteiger partial charge in [0, 0.05) is 12.5 Å². The Labute approximate surface area is 94.0 Å². The van der Waals surface area contributed by atoms with Crippen molar-refractivity contribution in [1.82, 2.24) is 5.32 Å². The van der Waals surface area contributed by atoms with Crippen molar-refractivity contribution in [2.24, 2.45) is 17.8 Å². The fraction of sp³-hybridized carbons (Fsp3) is 0.857. The van der Waals surface area contributed by atoms with E-state index < -0.39 is 0 Å². The van der Waals surface area contributed by atoms with E-state index in [1.54, 1.807) is 0 Å². The van der Waals surface area contributed by atoms with Gasteiger partial charge in [-0.15, -0.1) is 11.8 Å². The van der Waals surface area contributed by atoms with Crippen LogP contribution >= 0.6 is 0 Å². The van der Waals surface area contributed by atoms with Gasteiger partial charge in [-0.25, -0.2) is 0 Å². The fourth-order valence-electron chi connectivity index (χ4n) is 3.46. The number of nitrogens with one attached hydrogen (secondary N) is 1. The molecule has 15 heavy (non-hydrogen) atoms. The van der Waals surface area contributed by atoms with Crippen LogP contribution in [0.15, 0.2) is 0 Å². The monoisotopic (exact) mass is 205 g/mol. The molecule has 0 radical (unpaired) electrons. The van der Waals surface area contributed by atoms with Gasteiger partial charge in [0.1, 0.15) is 0 Å². The van der Waals surface area contributed by atoms with Crippen LogP contribution in [-0.4, -0.2) is 12.6 Å². The van der Waals surface area contributed by atoms with Gasteiger partial charge >= 0.3 is 0 Å². The molecular weight excluding hydrogens is 182 g/mol. The lowest BCUT2D eigenvalue weighted by atomic mass is 10.0. The van der Waals surface area contributed by atoms with Gasteiger partial charge in [0.15, 0.2) is 0 Å². The minimum absolute atomic E-state index is 0.676. The van der Waals surface area contributed by atoms with Crippen molar-refractivity contribution < 1.29 is 0 Å². The molecule has 1 heteroatoms. The standard InChI is InChI=1S/C14H23N/c1-3-5-10-13(15-4-2)14-11-8-6-7-9-12(11)14/h11-15H,4,6-10H2,1-2H3. The third kappa shape index (κ3) is 2.37. The molecule has 0 aromatic carbocycles. The first-order valence-corrected chi connectivity index (χ1v) is 6.51. The fourth-order valence-corrected chi connectivity index (χ4v) is 3.46. The number of rotatable bonds is 4. The topological polar surface area (TPSA) is 12.0 Å². The zero-order valence-electron chi connectivity index (χ0n) is 10.1. The smallest absolute Gasteiger partial charge is 0.0246 e. The highest BCUT2D eigenvalue weighted by molar-refractivity contribution is 5.09. The quantitative estimate of drug-likeness (QED) is 0.696. The summed E-state index contributed by atoms with van der Waals surface area (Å²) in [4.78, 5) is 0. The van der Waals surface area contributed by atoms with Gasteiger partial charge in [-0.3, -0.25) is 0 Å². The zero-order chi connectivity index (χ0) is 10.7. The van der Waals surface area contributed by atoms with Gasteiger partial charge in [-0.05, 0) is 44.1 Å². The maximum absolute atomic E-state index is 3.63. The largest absolute Gasteiger partial charge is 0.313 e. The van der Waals surface area contributed by atoms with Crippen molar-refractivity contribution in [2.75, 3.05) is 6.54 Å². The van der Waals surface area contributed by atoms with E-state index >= 15 is 0 Å². The Morgan fingerprint density at radius 2 is 1.93 bits per heavy atom. The molecule has 1 nitrogen and oxygen atoms in total. The highest BCUT2D eigenvalue weighted by atomic mass is 14.9. The van der Waals surface area contributed by atoms with E-state index in [-0.39, 0.29) is 0 Å². The van der Waals surface area contributed by atoms with Crippen LogP contribution in [0.4, 0.5) is 0 Å². The Bertz CT molecular complexity index is 248. The third-order valence-electron chi connectivity index (χ3n) is 4.15. The van der Waals surface area contributed by atoms with E-state index in [1.807, 2.05) is 6.92 Å². The summed E-state index contributed by atoms with van der Waals surface area (Å²) < 4.78 is 0. The van der Waals surface area contributed by atoms with Crippen molar-refractivity contribution in [1.29, 1.82) is 0 Å². The van der Waals surface area contributed by atoms with Crippen molar-refractivity contribution in [2.45, 2.75) is 52.0 Å². The van der Waals surface area contributed by atoms with Gasteiger partial charge < -0.3 is 5.32 Å². The maximum Gasteiger partial charge on any atom is 0.0246 e.